The molecule has 0 radical (unpaired) electrons. The third-order valence-electron chi connectivity index (χ3n) is 19.2. The second kappa shape index (κ2) is 26.5. The summed E-state index contributed by atoms with van der Waals surface area (Å²) in [6, 6.07) is 22.7. The minimum atomic E-state index is -1.21. The van der Waals surface area contributed by atoms with Crippen molar-refractivity contribution in [3.63, 3.8) is 0 Å². The largest absolute Gasteiger partial charge is 0.506 e. The van der Waals surface area contributed by atoms with Crippen LogP contribution in [0.5, 0.6) is 29.0 Å². The Balaban J connectivity index is 0.000000131. The zero-order valence-corrected chi connectivity index (χ0v) is 59.5. The van der Waals surface area contributed by atoms with Crippen molar-refractivity contribution in [2.24, 2.45) is 7.05 Å². The number of fused-ring (bicyclic) bond motifs is 3. The van der Waals surface area contributed by atoms with Gasteiger partial charge in [-0.05, 0) is 167 Å². The van der Waals surface area contributed by atoms with Gasteiger partial charge in [-0.15, -0.1) is 30.6 Å². The quantitative estimate of drug-likeness (QED) is 0.0662. The van der Waals surface area contributed by atoms with Crippen LogP contribution in [0.3, 0.4) is 0 Å². The van der Waals surface area contributed by atoms with Crippen molar-refractivity contribution in [3.05, 3.63) is 147 Å². The molecule has 4 fully saturated rings. The lowest BCUT2D eigenvalue weighted by Gasteiger charge is -2.48. The fourth-order valence-corrected chi connectivity index (χ4v) is 15.0. The Morgan fingerprint density at radius 2 is 1.08 bits per heavy atom. The SMILES string of the molecule is CC1(C)CC(Oc2ccc(-c3ncc(-c4ccc5nccn5n4)cc3O)nn2)CC(C)(C)N1.CC1(C)C[C@H](Oc2ccc(-c3ncc(-c4cn5ccnc5cn4)cc3O)nn2)[C@H](F)C(C)(C)N1.CN(c1ccc(-c2ncc(-c3cc(F)c4nn(C)cc4c3)cc2O)nn1)C1CC(C)(C)NC2(CC2)C1. The predicted octanol–water partition coefficient (Wildman–Crippen LogP) is 11.7. The standard InChI is InChI=1S/C27H30FN7O.C24H26FN7O2.C24H27N7O2/c1-26(2)12-19(13-27(33-26)7-8-27)35(4)23-6-5-21(30-31-23)25-22(36)11-17(14-29-25)16-9-18-15-34(3)32-24(18)20(28)10-16;1-23(2)10-18(22(25)24(3,4)31-23)34-20-6-5-15(29-30-20)21-17(33)9-14(11-28-21)16-13-32-8-7-26-19(32)12-27-16;1-23(2)12-16(13-24(3,4)30-23)33-21-8-6-18(27-28-21)22-19(32)11-15(14-26-22)17-5-7-20-25-9-10-31(20)29-17/h5-6,9-11,14-15,19,33,36H,7-8,12-13H2,1-4H3;5-9,11-13,18,22,31,33H,10H2,1-4H3;5-11,14,16,30,32H,12-13H2,1-4H3/t;18-,22-;/m.0./s1. The van der Waals surface area contributed by atoms with E-state index in [0.29, 0.717) is 91.4 Å². The topological polar surface area (TPSA) is 313 Å². The number of nitrogens with zero attached hydrogens (tertiary/aromatic N) is 18. The van der Waals surface area contributed by atoms with Gasteiger partial charge in [0.2, 0.25) is 11.8 Å². The normalized spacial score (nSPS) is 19.8. The van der Waals surface area contributed by atoms with E-state index in [4.69, 9.17) is 9.47 Å². The molecule has 1 aromatic carbocycles. The summed E-state index contributed by atoms with van der Waals surface area (Å²) in [6.07, 6.45) is 22.1. The molecule has 1 unspecified atom stereocenters. The highest BCUT2D eigenvalue weighted by molar-refractivity contribution is 5.85. The molecule has 6 N–H and O–H groups in total. The number of ether oxygens (including phenoxy) is 2. The molecule has 0 bridgehead atoms. The van der Waals surface area contributed by atoms with E-state index in [2.05, 4.69) is 140 Å². The summed E-state index contributed by atoms with van der Waals surface area (Å²) >= 11 is 0. The van der Waals surface area contributed by atoms with Gasteiger partial charge in [0.05, 0.1) is 17.6 Å². The maximum Gasteiger partial charge on any atom is 0.233 e. The number of rotatable bonds is 12. The van der Waals surface area contributed by atoms with Gasteiger partial charge >= 0.3 is 0 Å². The highest BCUT2D eigenvalue weighted by atomic mass is 19.1. The molecule has 28 heteroatoms. The number of aryl methyl sites for hydroxylation is 1. The molecule has 16 rings (SSSR count). The summed E-state index contributed by atoms with van der Waals surface area (Å²) in [5, 5.41) is 77.6. The molecule has 4 aliphatic rings. The first-order valence-electron chi connectivity index (χ1n) is 34.3. The molecular formula is C75H83F2N21O5. The molecule has 0 amide bonds. The number of imidazole rings is 2. The fraction of sp³-hybridized carbons (Fsp3) is 0.387. The van der Waals surface area contributed by atoms with Crippen molar-refractivity contribution in [2.45, 2.75) is 172 Å². The monoisotopic (exact) mass is 1400 g/mol. The first kappa shape index (κ1) is 69.3. The highest BCUT2D eigenvalue weighted by Crippen LogP contribution is 2.47. The number of piperidine rings is 3. The minimum Gasteiger partial charge on any atom is -0.506 e. The number of nitrogens with one attached hydrogen (secondary N) is 3. The summed E-state index contributed by atoms with van der Waals surface area (Å²) in [5.41, 5.74) is 7.27. The summed E-state index contributed by atoms with van der Waals surface area (Å²) < 4.78 is 46.6. The Morgan fingerprint density at radius 3 is 1.69 bits per heavy atom. The van der Waals surface area contributed by atoms with E-state index in [9.17, 15) is 19.7 Å². The van der Waals surface area contributed by atoms with Crippen LogP contribution >= 0.6 is 0 Å². The molecule has 12 aromatic rings. The molecule has 11 aromatic heterocycles. The third-order valence-corrected chi connectivity index (χ3v) is 19.2. The molecule has 14 heterocycles. The van der Waals surface area contributed by atoms with Gasteiger partial charge < -0.3 is 50.0 Å². The number of alkyl halides is 1. The van der Waals surface area contributed by atoms with Gasteiger partial charge in [0.15, 0.2) is 29.1 Å². The zero-order valence-electron chi connectivity index (χ0n) is 59.5. The lowest BCUT2D eigenvalue weighted by Crippen LogP contribution is -2.66. The van der Waals surface area contributed by atoms with Crippen molar-refractivity contribution in [1.29, 1.82) is 0 Å². The average molecular weight is 1400 g/mol. The number of halogens is 2. The first-order chi connectivity index (χ1) is 48.9. The van der Waals surface area contributed by atoms with E-state index in [1.807, 2.05) is 74.8 Å². The molecular weight excluding hydrogens is 1310 g/mol. The molecule has 1 saturated carbocycles. The number of aromatic hydroxyl groups is 3. The maximum absolute atomic E-state index is 15.0. The van der Waals surface area contributed by atoms with Gasteiger partial charge in [-0.2, -0.15) is 10.2 Å². The van der Waals surface area contributed by atoms with Gasteiger partial charge in [0.1, 0.15) is 69.1 Å². The number of hydrogen-bond acceptors (Lipinski definition) is 23. The van der Waals surface area contributed by atoms with Crippen molar-refractivity contribution in [3.8, 4) is 96.8 Å². The zero-order chi connectivity index (χ0) is 72.5. The van der Waals surface area contributed by atoms with Crippen LogP contribution in [0, 0.1) is 5.82 Å². The molecule has 3 atom stereocenters. The number of aromatic nitrogens is 17. The number of benzene rings is 1. The number of hydrogen-bond donors (Lipinski definition) is 6. The fourth-order valence-electron chi connectivity index (χ4n) is 15.0. The van der Waals surface area contributed by atoms with Crippen LogP contribution in [0.1, 0.15) is 114 Å². The van der Waals surface area contributed by atoms with Crippen LogP contribution < -0.4 is 30.3 Å². The third kappa shape index (κ3) is 15.2. The molecule has 3 saturated heterocycles. The summed E-state index contributed by atoms with van der Waals surface area (Å²) in [5.74, 6) is 0.981. The van der Waals surface area contributed by atoms with Crippen LogP contribution in [-0.4, -0.2) is 164 Å². The van der Waals surface area contributed by atoms with Crippen LogP contribution in [0.25, 0.3) is 90.0 Å². The van der Waals surface area contributed by atoms with Crippen LogP contribution in [0.4, 0.5) is 14.6 Å². The first-order valence-corrected chi connectivity index (χ1v) is 34.3. The van der Waals surface area contributed by atoms with Crippen LogP contribution in [0.2, 0.25) is 0 Å². The van der Waals surface area contributed by atoms with Crippen molar-refractivity contribution in [2.75, 3.05) is 11.9 Å². The van der Waals surface area contributed by atoms with Gasteiger partial charge in [0, 0.05) is 163 Å². The molecule has 3 aliphatic heterocycles. The summed E-state index contributed by atoms with van der Waals surface area (Å²) in [7, 11) is 3.83. The minimum absolute atomic E-state index is 0.00449. The summed E-state index contributed by atoms with van der Waals surface area (Å²) in [4.78, 5) is 28.2. The predicted molar refractivity (Wildman–Crippen MR) is 385 cm³/mol. The Morgan fingerprint density at radius 1 is 0.515 bits per heavy atom. The number of pyridine rings is 3. The lowest BCUT2D eigenvalue weighted by atomic mass is 9.79. The molecule has 26 nitrogen and oxygen atoms in total. The summed E-state index contributed by atoms with van der Waals surface area (Å²) in [6.45, 7) is 20.9. The van der Waals surface area contributed by atoms with E-state index in [-0.39, 0.29) is 62.6 Å². The van der Waals surface area contributed by atoms with E-state index in [1.54, 1.807) is 108 Å². The number of anilines is 1. The Bertz CT molecular complexity index is 5080. The van der Waals surface area contributed by atoms with Gasteiger partial charge in [0.25, 0.3) is 0 Å². The lowest BCUT2D eigenvalue weighted by molar-refractivity contribution is -0.0281. The van der Waals surface area contributed by atoms with Crippen molar-refractivity contribution >= 4 is 28.0 Å². The van der Waals surface area contributed by atoms with E-state index in [1.165, 1.54) is 18.9 Å². The van der Waals surface area contributed by atoms with Gasteiger partial charge in [-0.1, -0.05) is 0 Å². The Hall–Kier alpha value is -10.8. The smallest absolute Gasteiger partial charge is 0.233 e. The van der Waals surface area contributed by atoms with Crippen molar-refractivity contribution in [1.82, 2.24) is 100 Å². The molecule has 1 aliphatic carbocycles. The van der Waals surface area contributed by atoms with E-state index in [0.717, 1.165) is 42.8 Å². The van der Waals surface area contributed by atoms with Gasteiger partial charge in [-0.25, -0.2) is 38.2 Å². The molecule has 532 valence electrons. The Kier molecular flexibility index (Phi) is 17.8. The van der Waals surface area contributed by atoms with E-state index >= 15 is 4.39 Å². The highest BCUT2D eigenvalue weighted by Gasteiger charge is 2.52. The van der Waals surface area contributed by atoms with E-state index < -0.39 is 23.6 Å². The van der Waals surface area contributed by atoms with Crippen molar-refractivity contribution < 1.29 is 33.6 Å². The molecule has 103 heavy (non-hydrogen) atoms. The van der Waals surface area contributed by atoms with Crippen LogP contribution in [-0.2, 0) is 7.05 Å². The second-order valence-corrected chi connectivity index (χ2v) is 30.7. The van der Waals surface area contributed by atoms with Gasteiger partial charge in [-0.3, -0.25) is 9.67 Å². The molecule has 1 spiro atoms. The second-order valence-electron chi connectivity index (χ2n) is 30.7. The average Bonchev–Trinajstić information content (AvgIpc) is 1.45. The van der Waals surface area contributed by atoms with Crippen LogP contribution in [0.15, 0.2) is 141 Å². The Labute approximate surface area is 593 Å². The maximum atomic E-state index is 15.0.